The van der Waals surface area contributed by atoms with Crippen molar-refractivity contribution in [3.63, 3.8) is 0 Å². The molecule has 1 amide bonds. The van der Waals surface area contributed by atoms with E-state index in [0.717, 1.165) is 38.5 Å². The molecule has 134 valence electrons. The lowest BCUT2D eigenvalue weighted by molar-refractivity contribution is 0.0953. The minimum Gasteiger partial charge on any atom is -0.352 e. The van der Waals surface area contributed by atoms with Crippen LogP contribution in [0.2, 0.25) is 5.02 Å². The fourth-order valence-electron chi connectivity index (χ4n) is 2.74. The quantitative estimate of drug-likeness (QED) is 0.778. The Kier molecular flexibility index (Phi) is 7.07. The van der Waals surface area contributed by atoms with Gasteiger partial charge in [-0.1, -0.05) is 37.8 Å². The Hall–Kier alpha value is -1.11. The largest absolute Gasteiger partial charge is 0.352 e. The van der Waals surface area contributed by atoms with Crippen molar-refractivity contribution in [2.24, 2.45) is 0 Å². The summed E-state index contributed by atoms with van der Waals surface area (Å²) >= 11 is 6.13. The maximum absolute atomic E-state index is 12.9. The lowest BCUT2D eigenvalue weighted by Crippen LogP contribution is -2.32. The summed E-state index contributed by atoms with van der Waals surface area (Å²) < 4.78 is 27.3. The van der Waals surface area contributed by atoms with Gasteiger partial charge in [0.15, 0.2) is 0 Å². The second kappa shape index (κ2) is 8.83. The van der Waals surface area contributed by atoms with Gasteiger partial charge in [-0.05, 0) is 37.5 Å². The topological polar surface area (TPSA) is 66.5 Å². The number of amides is 1. The van der Waals surface area contributed by atoms with Gasteiger partial charge >= 0.3 is 0 Å². The number of nitrogens with one attached hydrogen (secondary N) is 1. The molecular weight excluding hydrogens is 348 g/mol. The Morgan fingerprint density at radius 2 is 1.88 bits per heavy atom. The molecule has 1 aromatic carbocycles. The zero-order valence-electron chi connectivity index (χ0n) is 14.1. The standard InChI is InChI=1S/C17H25ClN2O3S/c1-2-3-10-19-17(21)14-8-9-15(18)16(13-14)24(22,23)20-11-6-4-5-7-12-20/h8-9,13H,2-7,10-12H2,1H3,(H,19,21). The third kappa shape index (κ3) is 4.71. The number of benzene rings is 1. The number of carbonyl (C=O) groups excluding carboxylic acids is 1. The fraction of sp³-hybridized carbons (Fsp3) is 0.588. The number of rotatable bonds is 6. The van der Waals surface area contributed by atoms with Crippen LogP contribution in [0.1, 0.15) is 55.8 Å². The van der Waals surface area contributed by atoms with Crippen LogP contribution in [0.25, 0.3) is 0 Å². The lowest BCUT2D eigenvalue weighted by atomic mass is 10.2. The Morgan fingerprint density at radius 3 is 2.50 bits per heavy atom. The minimum atomic E-state index is -3.68. The predicted octanol–water partition coefficient (Wildman–Crippen LogP) is 3.43. The molecule has 1 aliphatic heterocycles. The average Bonchev–Trinajstić information content (AvgIpc) is 2.85. The zero-order valence-corrected chi connectivity index (χ0v) is 15.6. The summed E-state index contributed by atoms with van der Waals surface area (Å²) in [6.45, 7) is 3.63. The lowest BCUT2D eigenvalue weighted by Gasteiger charge is -2.21. The molecule has 0 atom stereocenters. The number of carbonyl (C=O) groups is 1. The van der Waals surface area contributed by atoms with Gasteiger partial charge < -0.3 is 5.32 Å². The SMILES string of the molecule is CCCCNC(=O)c1ccc(Cl)c(S(=O)(=O)N2CCCCCC2)c1. The van der Waals surface area contributed by atoms with Crippen LogP contribution < -0.4 is 5.32 Å². The van der Waals surface area contributed by atoms with E-state index in [1.807, 2.05) is 6.92 Å². The van der Waals surface area contributed by atoms with Crippen molar-refractivity contribution in [2.45, 2.75) is 50.3 Å². The smallest absolute Gasteiger partial charge is 0.251 e. The number of nitrogens with zero attached hydrogens (tertiary/aromatic N) is 1. The monoisotopic (exact) mass is 372 g/mol. The van der Waals surface area contributed by atoms with E-state index < -0.39 is 10.0 Å². The highest BCUT2D eigenvalue weighted by Crippen LogP contribution is 2.27. The molecule has 1 aromatic rings. The van der Waals surface area contributed by atoms with E-state index in [4.69, 9.17) is 11.6 Å². The number of unbranched alkanes of at least 4 members (excludes halogenated alkanes) is 1. The van der Waals surface area contributed by atoms with E-state index in [-0.39, 0.29) is 15.8 Å². The molecule has 0 spiro atoms. The van der Waals surface area contributed by atoms with Crippen LogP contribution in [0.4, 0.5) is 0 Å². The summed E-state index contributed by atoms with van der Waals surface area (Å²) in [7, 11) is -3.68. The molecule has 5 nitrogen and oxygen atoms in total. The van der Waals surface area contributed by atoms with Crippen molar-refractivity contribution >= 4 is 27.5 Å². The van der Waals surface area contributed by atoms with Crippen molar-refractivity contribution in [3.05, 3.63) is 28.8 Å². The van der Waals surface area contributed by atoms with Gasteiger partial charge in [-0.15, -0.1) is 0 Å². The summed E-state index contributed by atoms with van der Waals surface area (Å²) in [5, 5.41) is 2.95. The van der Waals surface area contributed by atoms with E-state index >= 15 is 0 Å². The number of hydrogen-bond donors (Lipinski definition) is 1. The molecular formula is C17H25ClN2O3S. The first-order valence-corrected chi connectivity index (χ1v) is 10.4. The first kappa shape index (κ1) is 19.2. The summed E-state index contributed by atoms with van der Waals surface area (Å²) in [6.07, 6.45) is 5.66. The molecule has 0 aromatic heterocycles. The third-order valence-corrected chi connectivity index (χ3v) is 6.57. The summed E-state index contributed by atoms with van der Waals surface area (Å²) in [6, 6.07) is 4.44. The van der Waals surface area contributed by atoms with Crippen molar-refractivity contribution in [3.8, 4) is 0 Å². The van der Waals surface area contributed by atoms with E-state index in [9.17, 15) is 13.2 Å². The Morgan fingerprint density at radius 1 is 1.21 bits per heavy atom. The molecule has 0 radical (unpaired) electrons. The molecule has 0 bridgehead atoms. The van der Waals surface area contributed by atoms with Gasteiger partial charge in [-0.3, -0.25) is 4.79 Å². The Balaban J connectivity index is 2.25. The van der Waals surface area contributed by atoms with Gasteiger partial charge in [0.05, 0.1) is 5.02 Å². The Labute approximate surface area is 149 Å². The first-order valence-electron chi connectivity index (χ1n) is 8.54. The molecule has 0 unspecified atom stereocenters. The van der Waals surface area contributed by atoms with E-state index in [1.54, 1.807) is 6.07 Å². The molecule has 1 heterocycles. The predicted molar refractivity (Wildman–Crippen MR) is 95.9 cm³/mol. The van der Waals surface area contributed by atoms with E-state index in [2.05, 4.69) is 5.32 Å². The number of halogens is 1. The number of sulfonamides is 1. The van der Waals surface area contributed by atoms with E-state index in [0.29, 0.717) is 25.2 Å². The van der Waals surface area contributed by atoms with Crippen LogP contribution in [0, 0.1) is 0 Å². The molecule has 1 saturated heterocycles. The van der Waals surface area contributed by atoms with Gasteiger partial charge in [0.2, 0.25) is 10.0 Å². The molecule has 24 heavy (non-hydrogen) atoms. The second-order valence-electron chi connectivity index (χ2n) is 6.07. The molecule has 1 N–H and O–H groups in total. The fourth-order valence-corrected chi connectivity index (χ4v) is 4.76. The average molecular weight is 373 g/mol. The maximum atomic E-state index is 12.9. The summed E-state index contributed by atoms with van der Waals surface area (Å²) in [5.74, 6) is -0.271. The van der Waals surface area contributed by atoms with Gasteiger partial charge in [0.1, 0.15) is 4.90 Å². The highest BCUT2D eigenvalue weighted by Gasteiger charge is 2.28. The van der Waals surface area contributed by atoms with Crippen molar-refractivity contribution < 1.29 is 13.2 Å². The number of hydrogen-bond acceptors (Lipinski definition) is 3. The van der Waals surface area contributed by atoms with Gasteiger partial charge in [0, 0.05) is 25.2 Å². The second-order valence-corrected chi connectivity index (χ2v) is 8.39. The molecule has 7 heteroatoms. The van der Waals surface area contributed by atoms with Crippen molar-refractivity contribution in [2.75, 3.05) is 19.6 Å². The molecule has 1 fully saturated rings. The van der Waals surface area contributed by atoms with Gasteiger partial charge in [-0.25, -0.2) is 8.42 Å². The van der Waals surface area contributed by atoms with Crippen LogP contribution in [0.5, 0.6) is 0 Å². The minimum absolute atomic E-state index is 0.0224. The van der Waals surface area contributed by atoms with Crippen molar-refractivity contribution in [1.29, 1.82) is 0 Å². The van der Waals surface area contributed by atoms with Crippen LogP contribution in [-0.4, -0.2) is 38.3 Å². The van der Waals surface area contributed by atoms with Gasteiger partial charge in [-0.2, -0.15) is 4.31 Å². The molecule has 0 saturated carbocycles. The van der Waals surface area contributed by atoms with Gasteiger partial charge in [0.25, 0.3) is 5.91 Å². The molecule has 0 aliphatic carbocycles. The summed E-state index contributed by atoms with van der Waals surface area (Å²) in [5.41, 5.74) is 0.323. The normalized spacial score (nSPS) is 16.6. The third-order valence-electron chi connectivity index (χ3n) is 4.19. The van der Waals surface area contributed by atoms with Crippen LogP contribution >= 0.6 is 11.6 Å². The van der Waals surface area contributed by atoms with E-state index in [1.165, 1.54) is 16.4 Å². The van der Waals surface area contributed by atoms with Crippen LogP contribution in [-0.2, 0) is 10.0 Å². The highest BCUT2D eigenvalue weighted by atomic mass is 35.5. The van der Waals surface area contributed by atoms with Crippen LogP contribution in [0.15, 0.2) is 23.1 Å². The molecule has 2 rings (SSSR count). The first-order chi connectivity index (χ1) is 11.5. The van der Waals surface area contributed by atoms with Crippen molar-refractivity contribution in [1.82, 2.24) is 9.62 Å². The molecule has 1 aliphatic rings. The zero-order chi connectivity index (χ0) is 17.6. The van der Waals surface area contributed by atoms with Crippen LogP contribution in [0.3, 0.4) is 0 Å². The maximum Gasteiger partial charge on any atom is 0.251 e. The Bertz CT molecular complexity index is 668. The highest BCUT2D eigenvalue weighted by molar-refractivity contribution is 7.89. The summed E-state index contributed by atoms with van der Waals surface area (Å²) in [4.78, 5) is 12.2.